The lowest BCUT2D eigenvalue weighted by atomic mass is 9.98. The number of benzene rings is 3. The van der Waals surface area contributed by atoms with Crippen molar-refractivity contribution in [3.8, 4) is 17.2 Å². The quantitative estimate of drug-likeness (QED) is 0.553. The van der Waals surface area contributed by atoms with Gasteiger partial charge in [0, 0.05) is 5.56 Å². The molecule has 0 heterocycles. The zero-order valence-electron chi connectivity index (χ0n) is 14.4. The highest BCUT2D eigenvalue weighted by Crippen LogP contribution is 2.24. The fourth-order valence-corrected chi connectivity index (χ4v) is 2.70. The van der Waals surface area contributed by atoms with Crippen molar-refractivity contribution < 1.29 is 9.59 Å². The number of hydrogen-bond acceptors (Lipinski definition) is 3. The number of allylic oxidation sites excluding steroid dienone is 1. The van der Waals surface area contributed by atoms with E-state index in [4.69, 9.17) is 0 Å². The standard InChI is InChI=1S/C23H16N2O2/c24-15-20-10-4-5-12-22(20)19-11-6-7-17(13-19)14-21(16-26)25-23(27)18-8-2-1-3-9-18/h1-14,16H,(H,25,27)/b21-14-. The molecular weight excluding hydrogens is 336 g/mol. The first-order chi connectivity index (χ1) is 13.2. The first-order valence-electron chi connectivity index (χ1n) is 8.34. The average molecular weight is 352 g/mol. The van der Waals surface area contributed by atoms with Gasteiger partial charge >= 0.3 is 0 Å². The van der Waals surface area contributed by atoms with Gasteiger partial charge in [0.05, 0.1) is 17.3 Å². The third-order valence-electron chi connectivity index (χ3n) is 3.99. The molecule has 27 heavy (non-hydrogen) atoms. The molecule has 0 radical (unpaired) electrons. The monoisotopic (exact) mass is 352 g/mol. The van der Waals surface area contributed by atoms with E-state index in [-0.39, 0.29) is 11.6 Å². The van der Waals surface area contributed by atoms with E-state index in [2.05, 4.69) is 11.4 Å². The van der Waals surface area contributed by atoms with E-state index in [9.17, 15) is 14.9 Å². The lowest BCUT2D eigenvalue weighted by molar-refractivity contribution is -0.105. The number of nitrogens with one attached hydrogen (secondary N) is 1. The molecule has 0 saturated heterocycles. The molecule has 0 bridgehead atoms. The van der Waals surface area contributed by atoms with E-state index >= 15 is 0 Å². The van der Waals surface area contributed by atoms with Crippen molar-refractivity contribution in [3.05, 3.63) is 101 Å². The summed E-state index contributed by atoms with van der Waals surface area (Å²) >= 11 is 0. The molecule has 4 heteroatoms. The zero-order chi connectivity index (χ0) is 19.1. The Hall–Kier alpha value is -3.97. The van der Waals surface area contributed by atoms with Crippen LogP contribution in [0, 0.1) is 11.3 Å². The van der Waals surface area contributed by atoms with Crippen molar-refractivity contribution in [2.45, 2.75) is 0 Å². The maximum absolute atomic E-state index is 12.2. The molecule has 3 aromatic rings. The molecule has 130 valence electrons. The Bertz CT molecular complexity index is 1050. The first kappa shape index (κ1) is 17.8. The van der Waals surface area contributed by atoms with Gasteiger partial charge in [0.25, 0.3) is 5.91 Å². The Morgan fingerprint density at radius 1 is 0.926 bits per heavy atom. The van der Waals surface area contributed by atoms with Crippen LogP contribution in [0.2, 0.25) is 0 Å². The third-order valence-corrected chi connectivity index (χ3v) is 3.99. The maximum atomic E-state index is 12.2. The van der Waals surface area contributed by atoms with Crippen LogP contribution in [0.15, 0.2) is 84.6 Å². The summed E-state index contributed by atoms with van der Waals surface area (Å²) in [7, 11) is 0. The van der Waals surface area contributed by atoms with Crippen LogP contribution in [0.3, 0.4) is 0 Å². The van der Waals surface area contributed by atoms with Crippen LogP contribution < -0.4 is 5.32 Å². The number of aldehydes is 1. The predicted octanol–water partition coefficient (Wildman–Crippen LogP) is 4.20. The van der Waals surface area contributed by atoms with Crippen LogP contribution in [0.5, 0.6) is 0 Å². The molecule has 3 aromatic carbocycles. The van der Waals surface area contributed by atoms with Gasteiger partial charge in [-0.2, -0.15) is 5.26 Å². The number of carbonyl (C=O) groups excluding carboxylic acids is 2. The van der Waals surface area contributed by atoms with Crippen LogP contribution in [0.1, 0.15) is 21.5 Å². The van der Waals surface area contributed by atoms with Crippen LogP contribution in [-0.2, 0) is 4.79 Å². The Labute approximate surface area is 157 Å². The van der Waals surface area contributed by atoms with E-state index < -0.39 is 0 Å². The van der Waals surface area contributed by atoms with Crippen molar-refractivity contribution in [1.29, 1.82) is 5.26 Å². The minimum absolute atomic E-state index is 0.162. The summed E-state index contributed by atoms with van der Waals surface area (Å²) in [5, 5.41) is 11.9. The van der Waals surface area contributed by atoms with Crippen molar-refractivity contribution in [2.24, 2.45) is 0 Å². The molecule has 0 spiro atoms. The largest absolute Gasteiger partial charge is 0.319 e. The van der Waals surface area contributed by atoms with Crippen molar-refractivity contribution in [3.63, 3.8) is 0 Å². The smallest absolute Gasteiger partial charge is 0.255 e. The maximum Gasteiger partial charge on any atom is 0.255 e. The summed E-state index contributed by atoms with van der Waals surface area (Å²) in [6.07, 6.45) is 2.21. The second-order valence-corrected chi connectivity index (χ2v) is 5.82. The second kappa shape index (κ2) is 8.41. The fourth-order valence-electron chi connectivity index (χ4n) is 2.70. The fraction of sp³-hybridized carbons (Fsp3) is 0. The van der Waals surface area contributed by atoms with Gasteiger partial charge < -0.3 is 5.32 Å². The molecular formula is C23H16N2O2. The molecule has 1 N–H and O–H groups in total. The molecule has 0 aromatic heterocycles. The summed E-state index contributed by atoms with van der Waals surface area (Å²) in [6.45, 7) is 0. The first-order valence-corrected chi connectivity index (χ1v) is 8.34. The van der Waals surface area contributed by atoms with Crippen molar-refractivity contribution in [2.75, 3.05) is 0 Å². The molecule has 0 aliphatic carbocycles. The van der Waals surface area contributed by atoms with E-state index in [0.29, 0.717) is 17.4 Å². The molecule has 1 amide bonds. The van der Waals surface area contributed by atoms with Gasteiger partial charge in [-0.3, -0.25) is 9.59 Å². The summed E-state index contributed by atoms with van der Waals surface area (Å²) in [5.41, 5.74) is 3.63. The number of carbonyl (C=O) groups is 2. The Morgan fingerprint density at radius 3 is 2.41 bits per heavy atom. The molecule has 3 rings (SSSR count). The van der Waals surface area contributed by atoms with Crippen LogP contribution >= 0.6 is 0 Å². The normalized spacial score (nSPS) is 10.7. The summed E-state index contributed by atoms with van der Waals surface area (Å²) in [4.78, 5) is 23.6. The minimum Gasteiger partial charge on any atom is -0.319 e. The molecule has 0 unspecified atom stereocenters. The van der Waals surface area contributed by atoms with Gasteiger partial charge in [-0.1, -0.05) is 54.6 Å². The van der Waals surface area contributed by atoms with Crippen molar-refractivity contribution >= 4 is 18.3 Å². The second-order valence-electron chi connectivity index (χ2n) is 5.82. The van der Waals surface area contributed by atoms with Gasteiger partial charge in [0.1, 0.15) is 0 Å². The lowest BCUT2D eigenvalue weighted by Crippen LogP contribution is -2.23. The predicted molar refractivity (Wildman–Crippen MR) is 105 cm³/mol. The Morgan fingerprint density at radius 2 is 1.67 bits per heavy atom. The highest BCUT2D eigenvalue weighted by molar-refractivity contribution is 5.99. The van der Waals surface area contributed by atoms with Gasteiger partial charge in [0.2, 0.25) is 0 Å². The highest BCUT2D eigenvalue weighted by Gasteiger charge is 2.08. The van der Waals surface area contributed by atoms with Crippen LogP contribution in [-0.4, -0.2) is 12.2 Å². The number of nitriles is 1. The van der Waals surface area contributed by atoms with Gasteiger partial charge in [-0.25, -0.2) is 0 Å². The number of rotatable bonds is 5. The molecule has 0 aliphatic heterocycles. The lowest BCUT2D eigenvalue weighted by Gasteiger charge is -2.07. The average Bonchev–Trinajstić information content (AvgIpc) is 2.74. The SMILES string of the molecule is N#Cc1ccccc1-c1cccc(/C=C(/C=O)NC(=O)c2ccccc2)c1. The molecule has 0 aliphatic rings. The number of hydrogen-bond donors (Lipinski definition) is 1. The number of nitrogens with zero attached hydrogens (tertiary/aromatic N) is 1. The van der Waals surface area contributed by atoms with Gasteiger partial charge in [-0.05, 0) is 47.0 Å². The molecule has 4 nitrogen and oxygen atoms in total. The molecule has 0 atom stereocenters. The third kappa shape index (κ3) is 4.36. The van der Waals surface area contributed by atoms with Gasteiger partial charge in [0.15, 0.2) is 6.29 Å². The summed E-state index contributed by atoms with van der Waals surface area (Å²) in [6, 6.07) is 25.6. The van der Waals surface area contributed by atoms with E-state index in [0.717, 1.165) is 16.7 Å². The topological polar surface area (TPSA) is 70.0 Å². The summed E-state index contributed by atoms with van der Waals surface area (Å²) < 4.78 is 0. The zero-order valence-corrected chi connectivity index (χ0v) is 14.4. The summed E-state index contributed by atoms with van der Waals surface area (Å²) in [5.74, 6) is -0.347. The van der Waals surface area contributed by atoms with E-state index in [1.54, 1.807) is 36.4 Å². The van der Waals surface area contributed by atoms with Crippen LogP contribution in [0.25, 0.3) is 17.2 Å². The van der Waals surface area contributed by atoms with E-state index in [1.165, 1.54) is 0 Å². The van der Waals surface area contributed by atoms with E-state index in [1.807, 2.05) is 48.5 Å². The van der Waals surface area contributed by atoms with Crippen molar-refractivity contribution in [1.82, 2.24) is 5.32 Å². The molecule has 0 saturated carbocycles. The Kier molecular flexibility index (Phi) is 5.56. The van der Waals surface area contributed by atoms with Crippen LogP contribution in [0.4, 0.5) is 0 Å². The number of amides is 1. The highest BCUT2D eigenvalue weighted by atomic mass is 16.2. The van der Waals surface area contributed by atoms with Gasteiger partial charge in [-0.15, -0.1) is 0 Å². The minimum atomic E-state index is -0.347. The molecule has 0 fully saturated rings. The Balaban J connectivity index is 1.88.